The zero-order valence-electron chi connectivity index (χ0n) is 10.7. The summed E-state index contributed by atoms with van der Waals surface area (Å²) in [4.78, 5) is 24.9. The second-order valence-corrected chi connectivity index (χ2v) is 4.13. The van der Waals surface area contributed by atoms with E-state index < -0.39 is 10.9 Å². The van der Waals surface area contributed by atoms with Crippen molar-refractivity contribution >= 4 is 17.5 Å². The molecule has 108 valence electrons. The molecule has 0 fully saturated rings. The number of aromatic carboxylic acids is 1. The highest BCUT2D eigenvalue weighted by atomic mass is 16.6. The van der Waals surface area contributed by atoms with Gasteiger partial charge < -0.3 is 15.6 Å². The van der Waals surface area contributed by atoms with Crippen LogP contribution in [0.1, 0.15) is 15.9 Å². The predicted molar refractivity (Wildman–Crippen MR) is 73.0 cm³/mol. The number of pyridine rings is 1. The van der Waals surface area contributed by atoms with E-state index in [0.717, 1.165) is 6.07 Å². The molecule has 3 N–H and O–H groups in total. The van der Waals surface area contributed by atoms with Crippen LogP contribution in [0.2, 0.25) is 0 Å². The summed E-state index contributed by atoms with van der Waals surface area (Å²) in [6.45, 7) is -0.0577. The van der Waals surface area contributed by atoms with Gasteiger partial charge in [-0.05, 0) is 23.8 Å². The van der Waals surface area contributed by atoms with E-state index in [9.17, 15) is 14.9 Å². The molecule has 21 heavy (non-hydrogen) atoms. The van der Waals surface area contributed by atoms with Gasteiger partial charge in [0.1, 0.15) is 6.61 Å². The molecule has 0 aliphatic carbocycles. The smallest absolute Gasteiger partial charge is 0.335 e. The summed E-state index contributed by atoms with van der Waals surface area (Å²) in [5, 5.41) is 19.7. The number of aromatic nitrogens is 1. The minimum atomic E-state index is -1.25. The van der Waals surface area contributed by atoms with Crippen molar-refractivity contribution in [2.75, 3.05) is 5.73 Å². The van der Waals surface area contributed by atoms with Gasteiger partial charge in [0.05, 0.1) is 10.5 Å². The Morgan fingerprint density at radius 3 is 2.81 bits per heavy atom. The summed E-state index contributed by atoms with van der Waals surface area (Å²) >= 11 is 0. The molecule has 1 aromatic carbocycles. The third-order valence-corrected chi connectivity index (χ3v) is 2.63. The van der Waals surface area contributed by atoms with Gasteiger partial charge in [-0.2, -0.15) is 0 Å². The molecule has 0 spiro atoms. The summed E-state index contributed by atoms with van der Waals surface area (Å²) in [5.41, 5.74) is 5.46. The number of hydrogen-bond donors (Lipinski definition) is 2. The van der Waals surface area contributed by atoms with Crippen LogP contribution in [0.5, 0.6) is 5.75 Å². The molecule has 0 unspecified atom stereocenters. The van der Waals surface area contributed by atoms with Gasteiger partial charge >= 0.3 is 5.97 Å². The lowest BCUT2D eigenvalue weighted by atomic mass is 10.1. The number of carboxylic acid groups (broad SMARTS) is 1. The van der Waals surface area contributed by atoms with Crippen LogP contribution in [0.3, 0.4) is 0 Å². The van der Waals surface area contributed by atoms with Gasteiger partial charge in [-0.25, -0.2) is 9.78 Å². The number of carbonyl (C=O) groups is 1. The molecule has 0 saturated heterocycles. The fourth-order valence-corrected chi connectivity index (χ4v) is 1.67. The van der Waals surface area contributed by atoms with Crippen molar-refractivity contribution in [1.82, 2.24) is 4.98 Å². The minimum absolute atomic E-state index is 0.0577. The first-order valence-electron chi connectivity index (χ1n) is 5.82. The molecular weight excluding hydrogens is 278 g/mol. The van der Waals surface area contributed by atoms with Crippen LogP contribution in [0.25, 0.3) is 0 Å². The number of nitrogen functional groups attached to an aromatic ring is 1. The first kappa shape index (κ1) is 14.3. The third kappa shape index (κ3) is 3.44. The Morgan fingerprint density at radius 1 is 1.43 bits per heavy atom. The van der Waals surface area contributed by atoms with Gasteiger partial charge in [0.2, 0.25) is 0 Å². The van der Waals surface area contributed by atoms with Crippen molar-refractivity contribution in [2.45, 2.75) is 6.61 Å². The SMILES string of the molecule is Nc1ncccc1OCc1cc(C(=O)O)cc([N+](=O)[O-])c1. The van der Waals surface area contributed by atoms with Crippen molar-refractivity contribution in [2.24, 2.45) is 0 Å². The fourth-order valence-electron chi connectivity index (χ4n) is 1.67. The van der Waals surface area contributed by atoms with Crippen LogP contribution >= 0.6 is 0 Å². The second kappa shape index (κ2) is 5.87. The average Bonchev–Trinajstić information content (AvgIpc) is 2.46. The first-order chi connectivity index (χ1) is 9.97. The van der Waals surface area contributed by atoms with E-state index in [2.05, 4.69) is 4.98 Å². The zero-order valence-corrected chi connectivity index (χ0v) is 10.7. The number of anilines is 1. The third-order valence-electron chi connectivity index (χ3n) is 2.63. The van der Waals surface area contributed by atoms with Crippen molar-refractivity contribution < 1.29 is 19.6 Å². The number of nitro benzene ring substituents is 1. The largest absolute Gasteiger partial charge is 0.485 e. The highest BCUT2D eigenvalue weighted by Gasteiger charge is 2.14. The highest BCUT2D eigenvalue weighted by molar-refractivity contribution is 5.88. The maximum absolute atomic E-state index is 11.0. The summed E-state index contributed by atoms with van der Waals surface area (Å²) in [7, 11) is 0. The van der Waals surface area contributed by atoms with Crippen LogP contribution in [0.15, 0.2) is 36.5 Å². The maximum atomic E-state index is 11.0. The Labute approximate surface area is 119 Å². The van der Waals surface area contributed by atoms with Gasteiger partial charge in [0.25, 0.3) is 5.69 Å². The van der Waals surface area contributed by atoms with E-state index in [1.165, 1.54) is 18.3 Å². The van der Waals surface area contributed by atoms with E-state index in [1.54, 1.807) is 12.1 Å². The Hall–Kier alpha value is -3.16. The monoisotopic (exact) mass is 289 g/mol. The molecule has 0 amide bonds. The normalized spacial score (nSPS) is 10.1. The van der Waals surface area contributed by atoms with Crippen LogP contribution in [0.4, 0.5) is 11.5 Å². The number of nitro groups is 1. The lowest BCUT2D eigenvalue weighted by Crippen LogP contribution is -2.04. The Kier molecular flexibility index (Phi) is 3.98. The van der Waals surface area contributed by atoms with Crippen molar-refractivity contribution in [1.29, 1.82) is 0 Å². The Bertz CT molecular complexity index is 670. The van der Waals surface area contributed by atoms with E-state index in [4.69, 9.17) is 15.6 Å². The summed E-state index contributed by atoms with van der Waals surface area (Å²) in [5.74, 6) is -0.747. The summed E-state index contributed by atoms with van der Waals surface area (Å²) < 4.78 is 5.39. The molecule has 0 radical (unpaired) electrons. The van der Waals surface area contributed by atoms with E-state index in [0.29, 0.717) is 11.3 Å². The molecule has 0 aliphatic rings. The number of rotatable bonds is 5. The average molecular weight is 289 g/mol. The summed E-state index contributed by atoms with van der Waals surface area (Å²) in [6.07, 6.45) is 1.50. The zero-order chi connectivity index (χ0) is 15.4. The molecule has 1 heterocycles. The molecule has 8 nitrogen and oxygen atoms in total. The first-order valence-corrected chi connectivity index (χ1v) is 5.82. The van der Waals surface area contributed by atoms with Crippen LogP contribution < -0.4 is 10.5 Å². The lowest BCUT2D eigenvalue weighted by molar-refractivity contribution is -0.385. The standard InChI is InChI=1S/C13H11N3O5/c14-12-11(2-1-3-15-12)21-7-8-4-9(13(17)18)6-10(5-8)16(19)20/h1-6H,7H2,(H2,14,15)(H,17,18). The summed E-state index contributed by atoms with van der Waals surface area (Å²) in [6, 6.07) is 6.77. The van der Waals surface area contributed by atoms with Gasteiger partial charge in [-0.1, -0.05) is 0 Å². The molecule has 8 heteroatoms. The molecule has 0 aliphatic heterocycles. The van der Waals surface area contributed by atoms with Crippen molar-refractivity contribution in [3.05, 3.63) is 57.8 Å². The number of benzene rings is 1. The Balaban J connectivity index is 2.25. The molecule has 0 saturated carbocycles. The molecule has 2 rings (SSSR count). The lowest BCUT2D eigenvalue weighted by Gasteiger charge is -2.08. The second-order valence-electron chi connectivity index (χ2n) is 4.13. The highest BCUT2D eigenvalue weighted by Crippen LogP contribution is 2.21. The van der Waals surface area contributed by atoms with Crippen LogP contribution in [-0.2, 0) is 6.61 Å². The van der Waals surface area contributed by atoms with Crippen LogP contribution in [-0.4, -0.2) is 21.0 Å². The van der Waals surface area contributed by atoms with E-state index in [-0.39, 0.29) is 23.7 Å². The number of hydrogen-bond acceptors (Lipinski definition) is 6. The molecular formula is C13H11N3O5. The minimum Gasteiger partial charge on any atom is -0.485 e. The topological polar surface area (TPSA) is 129 Å². The van der Waals surface area contributed by atoms with Gasteiger partial charge in [0, 0.05) is 18.3 Å². The molecule has 0 bridgehead atoms. The fraction of sp³-hybridized carbons (Fsp3) is 0.0769. The Morgan fingerprint density at radius 2 is 2.19 bits per heavy atom. The number of carboxylic acids is 1. The van der Waals surface area contributed by atoms with Crippen molar-refractivity contribution in [3.63, 3.8) is 0 Å². The van der Waals surface area contributed by atoms with Gasteiger partial charge in [-0.3, -0.25) is 10.1 Å². The van der Waals surface area contributed by atoms with E-state index >= 15 is 0 Å². The van der Waals surface area contributed by atoms with E-state index in [1.807, 2.05) is 0 Å². The van der Waals surface area contributed by atoms with Crippen molar-refractivity contribution in [3.8, 4) is 5.75 Å². The van der Waals surface area contributed by atoms with Crippen LogP contribution in [0, 0.1) is 10.1 Å². The molecule has 0 atom stereocenters. The molecule has 2 aromatic rings. The quantitative estimate of drug-likeness (QED) is 0.634. The van der Waals surface area contributed by atoms with Gasteiger partial charge in [-0.15, -0.1) is 0 Å². The number of ether oxygens (including phenoxy) is 1. The number of nitrogens with two attached hydrogens (primary N) is 1. The van der Waals surface area contributed by atoms with Gasteiger partial charge in [0.15, 0.2) is 11.6 Å². The molecule has 1 aromatic heterocycles. The number of non-ortho nitro benzene ring substituents is 1. The predicted octanol–water partition coefficient (Wildman–Crippen LogP) is 1.85. The number of nitrogens with zero attached hydrogens (tertiary/aromatic N) is 2. The maximum Gasteiger partial charge on any atom is 0.335 e.